The van der Waals surface area contributed by atoms with Crippen LogP contribution in [0, 0.1) is 13.8 Å². The Balaban J connectivity index is 1.55. The highest BCUT2D eigenvalue weighted by Crippen LogP contribution is 2.39. The molecule has 0 saturated carbocycles. The van der Waals surface area contributed by atoms with E-state index >= 15 is 0 Å². The molecule has 0 unspecified atom stereocenters. The number of para-hydroxylation sites is 1. The highest BCUT2D eigenvalue weighted by Gasteiger charge is 2.22. The molecule has 1 aliphatic carbocycles. The van der Waals surface area contributed by atoms with Gasteiger partial charge in [-0.2, -0.15) is 0 Å². The van der Waals surface area contributed by atoms with E-state index in [0.717, 1.165) is 40.6 Å². The Hall–Kier alpha value is -2.97. The van der Waals surface area contributed by atoms with E-state index in [1.807, 2.05) is 30.3 Å². The molecule has 1 heterocycles. The zero-order chi connectivity index (χ0) is 20.0. The van der Waals surface area contributed by atoms with Crippen LogP contribution in [0.3, 0.4) is 0 Å². The summed E-state index contributed by atoms with van der Waals surface area (Å²) in [7, 11) is 0. The normalized spacial score (nSPS) is 13.3. The van der Waals surface area contributed by atoms with Crippen LogP contribution in [0.5, 0.6) is 0 Å². The summed E-state index contributed by atoms with van der Waals surface area (Å²) in [5.41, 5.74) is 9.21. The summed E-state index contributed by atoms with van der Waals surface area (Å²) in [6, 6.07) is 20.6. The Morgan fingerprint density at radius 3 is 2.52 bits per heavy atom. The van der Waals surface area contributed by atoms with Crippen LogP contribution in [0.1, 0.15) is 34.4 Å². The van der Waals surface area contributed by atoms with Gasteiger partial charge in [0, 0.05) is 32.9 Å². The zero-order valence-corrected chi connectivity index (χ0v) is 17.3. The molecule has 1 aromatic heterocycles. The van der Waals surface area contributed by atoms with E-state index < -0.39 is 0 Å². The van der Waals surface area contributed by atoms with Gasteiger partial charge in [0.15, 0.2) is 0 Å². The molecule has 3 heteroatoms. The van der Waals surface area contributed by atoms with Crippen LogP contribution in [0.4, 0.5) is 11.4 Å². The van der Waals surface area contributed by atoms with Gasteiger partial charge in [-0.15, -0.1) is 0 Å². The second kappa shape index (κ2) is 7.13. The van der Waals surface area contributed by atoms with Crippen LogP contribution in [0.2, 0.25) is 5.02 Å². The lowest BCUT2D eigenvalue weighted by atomic mass is 9.89. The molecular formula is C26H22ClNO. The highest BCUT2D eigenvalue weighted by atomic mass is 35.5. The fourth-order valence-corrected chi connectivity index (χ4v) is 4.48. The number of aryl methyl sites for hydroxylation is 3. The number of fused-ring (bicyclic) bond motifs is 3. The minimum absolute atomic E-state index is 0.728. The number of hydrogen-bond acceptors (Lipinski definition) is 2. The van der Waals surface area contributed by atoms with Crippen LogP contribution < -0.4 is 5.32 Å². The molecule has 0 aliphatic heterocycles. The number of allylic oxidation sites excluding steroid dienone is 1. The quantitative estimate of drug-likeness (QED) is 0.379. The summed E-state index contributed by atoms with van der Waals surface area (Å²) in [6.45, 7) is 4.29. The number of nitrogens with one attached hydrogen (secondary N) is 1. The fraction of sp³-hybridized carbons (Fsp3) is 0.154. The van der Waals surface area contributed by atoms with E-state index in [1.165, 1.54) is 33.2 Å². The second-order valence-corrected chi connectivity index (χ2v) is 8.12. The van der Waals surface area contributed by atoms with Crippen molar-refractivity contribution < 1.29 is 4.42 Å². The van der Waals surface area contributed by atoms with Crippen molar-refractivity contribution in [3.05, 3.63) is 99.8 Å². The first-order chi connectivity index (χ1) is 14.1. The number of rotatable bonds is 3. The number of anilines is 2. The fourth-order valence-electron chi connectivity index (χ4n) is 4.29. The average Bonchev–Trinajstić information content (AvgIpc) is 3.09. The zero-order valence-electron chi connectivity index (χ0n) is 16.6. The van der Waals surface area contributed by atoms with Gasteiger partial charge in [-0.1, -0.05) is 41.9 Å². The molecule has 0 spiro atoms. The lowest BCUT2D eigenvalue weighted by Gasteiger charge is -2.18. The Morgan fingerprint density at radius 2 is 1.72 bits per heavy atom. The minimum atomic E-state index is 0.728. The summed E-state index contributed by atoms with van der Waals surface area (Å²) in [5, 5.41) is 5.49. The van der Waals surface area contributed by atoms with Crippen molar-refractivity contribution >= 4 is 39.5 Å². The van der Waals surface area contributed by atoms with Gasteiger partial charge in [-0.3, -0.25) is 0 Å². The first-order valence-electron chi connectivity index (χ1n) is 9.95. The summed E-state index contributed by atoms with van der Waals surface area (Å²) >= 11 is 6.14. The summed E-state index contributed by atoms with van der Waals surface area (Å²) in [4.78, 5) is 0. The maximum atomic E-state index is 6.28. The third-order valence-electron chi connectivity index (χ3n) is 5.62. The van der Waals surface area contributed by atoms with Crippen LogP contribution >= 0.6 is 11.6 Å². The van der Waals surface area contributed by atoms with Crippen molar-refractivity contribution in [2.45, 2.75) is 26.7 Å². The molecule has 4 aromatic rings. The third kappa shape index (κ3) is 3.24. The monoisotopic (exact) mass is 399 g/mol. The van der Waals surface area contributed by atoms with E-state index in [9.17, 15) is 0 Å². The molecule has 0 saturated heterocycles. The van der Waals surface area contributed by atoms with Crippen LogP contribution in [0.15, 0.2) is 71.2 Å². The number of hydrogen-bond donors (Lipinski definition) is 1. The van der Waals surface area contributed by atoms with Gasteiger partial charge in [0.25, 0.3) is 0 Å². The van der Waals surface area contributed by atoms with Gasteiger partial charge in [-0.05, 0) is 79.8 Å². The van der Waals surface area contributed by atoms with Crippen molar-refractivity contribution in [1.29, 1.82) is 0 Å². The molecule has 0 fully saturated rings. The molecule has 0 atom stereocenters. The topological polar surface area (TPSA) is 25.2 Å². The highest BCUT2D eigenvalue weighted by molar-refractivity contribution is 6.30. The third-order valence-corrected chi connectivity index (χ3v) is 5.86. The predicted molar refractivity (Wildman–Crippen MR) is 122 cm³/mol. The molecule has 2 nitrogen and oxygen atoms in total. The molecular weight excluding hydrogens is 378 g/mol. The van der Waals surface area contributed by atoms with Crippen LogP contribution in [-0.2, 0) is 6.42 Å². The smallest absolute Gasteiger partial charge is 0.138 e. The van der Waals surface area contributed by atoms with Crippen LogP contribution in [-0.4, -0.2) is 0 Å². The Morgan fingerprint density at radius 1 is 0.931 bits per heavy atom. The Labute approximate surface area is 175 Å². The molecule has 1 N–H and O–H groups in total. The standard InChI is InChI=1S/C26H22ClNO/c1-16-13-18(14-17(2)25(16)28-20-8-5-7-19(27)15-20)21-10-6-11-23-22-9-3-4-12-24(22)29-26(21)23/h3-5,7-10,12-15,28H,6,11H2,1-2H3. The van der Waals surface area contributed by atoms with Gasteiger partial charge in [0.1, 0.15) is 11.3 Å². The molecule has 144 valence electrons. The lowest BCUT2D eigenvalue weighted by molar-refractivity contribution is 0.591. The number of benzene rings is 3. The van der Waals surface area contributed by atoms with Gasteiger partial charge < -0.3 is 9.73 Å². The van der Waals surface area contributed by atoms with Crippen LogP contribution in [0.25, 0.3) is 16.5 Å². The molecule has 29 heavy (non-hydrogen) atoms. The SMILES string of the molecule is Cc1cc(C2=CCCc3c2oc2ccccc32)cc(C)c1Nc1cccc(Cl)c1. The second-order valence-electron chi connectivity index (χ2n) is 7.68. The van der Waals surface area contributed by atoms with Crippen molar-refractivity contribution in [2.75, 3.05) is 5.32 Å². The van der Waals surface area contributed by atoms with Gasteiger partial charge >= 0.3 is 0 Å². The molecule has 0 radical (unpaired) electrons. The van der Waals surface area contributed by atoms with E-state index in [0.29, 0.717) is 0 Å². The van der Waals surface area contributed by atoms with Crippen molar-refractivity contribution in [3.63, 3.8) is 0 Å². The Bertz CT molecular complexity index is 1240. The predicted octanol–water partition coefficient (Wildman–Crippen LogP) is 7.82. The number of furan rings is 1. The van der Waals surface area contributed by atoms with Gasteiger partial charge in [0.05, 0.1) is 0 Å². The molecule has 5 rings (SSSR count). The molecule has 0 amide bonds. The first kappa shape index (κ1) is 18.1. The van der Waals surface area contributed by atoms with Crippen molar-refractivity contribution in [1.82, 2.24) is 0 Å². The summed E-state index contributed by atoms with van der Waals surface area (Å²) in [5.74, 6) is 1.02. The largest absolute Gasteiger partial charge is 0.456 e. The average molecular weight is 400 g/mol. The van der Waals surface area contributed by atoms with Crippen molar-refractivity contribution in [3.8, 4) is 0 Å². The van der Waals surface area contributed by atoms with E-state index in [1.54, 1.807) is 0 Å². The number of halogens is 1. The van der Waals surface area contributed by atoms with Crippen molar-refractivity contribution in [2.24, 2.45) is 0 Å². The summed E-state index contributed by atoms with van der Waals surface area (Å²) in [6.07, 6.45) is 4.37. The van der Waals surface area contributed by atoms with Gasteiger partial charge in [0.2, 0.25) is 0 Å². The summed E-state index contributed by atoms with van der Waals surface area (Å²) < 4.78 is 6.28. The maximum Gasteiger partial charge on any atom is 0.138 e. The molecule has 0 bridgehead atoms. The first-order valence-corrected chi connectivity index (χ1v) is 10.3. The minimum Gasteiger partial charge on any atom is -0.456 e. The van der Waals surface area contributed by atoms with E-state index in [-0.39, 0.29) is 0 Å². The molecule has 3 aromatic carbocycles. The Kier molecular flexibility index (Phi) is 4.44. The van der Waals surface area contributed by atoms with E-state index in [2.05, 4.69) is 55.6 Å². The van der Waals surface area contributed by atoms with E-state index in [4.69, 9.17) is 16.0 Å². The maximum absolute atomic E-state index is 6.28. The lowest BCUT2D eigenvalue weighted by Crippen LogP contribution is -2.01. The van der Waals surface area contributed by atoms with Gasteiger partial charge in [-0.25, -0.2) is 0 Å². The molecule has 1 aliphatic rings.